The van der Waals surface area contributed by atoms with E-state index in [1.54, 1.807) is 12.1 Å². The number of likely N-dealkylation sites (N-methyl/N-ethyl adjacent to an activating group) is 1. The van der Waals surface area contributed by atoms with Gasteiger partial charge < -0.3 is 9.64 Å². The van der Waals surface area contributed by atoms with Crippen LogP contribution in [0.1, 0.15) is 19.4 Å². The van der Waals surface area contributed by atoms with Crippen molar-refractivity contribution in [3.05, 3.63) is 75.2 Å². The highest BCUT2D eigenvalue weighted by Gasteiger charge is 2.48. The molecule has 2 aromatic rings. The molecule has 10 heteroatoms. The third-order valence-electron chi connectivity index (χ3n) is 6.88. The van der Waals surface area contributed by atoms with Crippen LogP contribution in [-0.4, -0.2) is 61.0 Å². The Bertz CT molecular complexity index is 1250. The Morgan fingerprint density at radius 1 is 1.09 bits per heavy atom. The summed E-state index contributed by atoms with van der Waals surface area (Å²) < 4.78 is 15.4. The van der Waals surface area contributed by atoms with Crippen molar-refractivity contribution in [1.29, 1.82) is 0 Å². The molecule has 9 nitrogen and oxygen atoms in total. The summed E-state index contributed by atoms with van der Waals surface area (Å²) in [6.45, 7) is 7.26. The molecule has 0 bridgehead atoms. The summed E-state index contributed by atoms with van der Waals surface area (Å²) in [6, 6.07) is 15.0. The molecule has 0 unspecified atom stereocenters. The van der Waals surface area contributed by atoms with Gasteiger partial charge in [0.05, 0.1) is 35.4 Å². The highest BCUT2D eigenvalue weighted by molar-refractivity contribution is 7.67. The lowest BCUT2D eigenvalue weighted by molar-refractivity contribution is -0.384. The van der Waals surface area contributed by atoms with Crippen molar-refractivity contribution in [2.75, 3.05) is 45.3 Å². The molecule has 0 spiro atoms. The molecule has 5 rings (SSSR count). The zero-order chi connectivity index (χ0) is 24.1. The largest absolute Gasteiger partial charge is 0.379 e. The van der Waals surface area contributed by atoms with E-state index in [4.69, 9.17) is 14.6 Å². The van der Waals surface area contributed by atoms with Gasteiger partial charge in [0.25, 0.3) is 5.69 Å². The lowest BCUT2D eigenvalue weighted by atomic mass is 9.84. The number of nitro groups is 1. The normalized spacial score (nSPS) is 26.1. The summed E-state index contributed by atoms with van der Waals surface area (Å²) in [4.78, 5) is 13.1. The van der Waals surface area contributed by atoms with Crippen molar-refractivity contribution in [3.63, 3.8) is 0 Å². The number of allylic oxidation sites excluding steroid dienone is 2. The standard InChI is InChI=1S/C24H29N6O3P/c1-24(2)20-7-5-6-8-21(20)27(3)23(24)22-17-25-28(4)34(22,29-13-15-33-16-14-29)26-18-9-11-19(12-10-18)30(31)32/h5-12,17H,13-16H2,1-4H3/b23-22-/t34-/m1/s1. The summed E-state index contributed by atoms with van der Waals surface area (Å²) in [5.41, 5.74) is 4.18. The number of hydrazone groups is 1. The number of hydrogen-bond acceptors (Lipinski definition) is 6. The van der Waals surface area contributed by atoms with Crippen LogP contribution < -0.4 is 4.90 Å². The van der Waals surface area contributed by atoms with Gasteiger partial charge in [-0.2, -0.15) is 5.10 Å². The van der Waals surface area contributed by atoms with Gasteiger partial charge in [0, 0.05) is 56.1 Å². The van der Waals surface area contributed by atoms with Crippen LogP contribution in [-0.2, 0) is 10.2 Å². The molecule has 2 aromatic carbocycles. The molecule has 0 radical (unpaired) electrons. The van der Waals surface area contributed by atoms with Crippen LogP contribution in [0, 0.1) is 10.1 Å². The number of rotatable bonds is 3. The Hall–Kier alpha value is -3.00. The maximum absolute atomic E-state index is 11.2. The Kier molecular flexibility index (Phi) is 5.59. The summed E-state index contributed by atoms with van der Waals surface area (Å²) >= 11 is 0. The van der Waals surface area contributed by atoms with Gasteiger partial charge in [-0.15, -0.1) is 0 Å². The fourth-order valence-corrected chi connectivity index (χ4v) is 8.89. The zero-order valence-corrected chi connectivity index (χ0v) is 20.8. The second-order valence-electron chi connectivity index (χ2n) is 9.18. The molecule has 1 atom stereocenters. The van der Waals surface area contributed by atoms with E-state index in [0.717, 1.165) is 18.4 Å². The van der Waals surface area contributed by atoms with E-state index in [9.17, 15) is 10.1 Å². The number of fused-ring (bicyclic) bond motifs is 1. The SMILES string of the molecule is CN1/C(=C2/C=NN(C)[P@@]2(=Nc2ccc([N+](=O)[O-])cc2)N2CCOCC2)C(C)(C)c2ccccc21. The minimum Gasteiger partial charge on any atom is -0.379 e. The summed E-state index contributed by atoms with van der Waals surface area (Å²) in [6.07, 6.45) is 1.97. The van der Waals surface area contributed by atoms with Gasteiger partial charge in [0.15, 0.2) is 7.36 Å². The Morgan fingerprint density at radius 2 is 1.76 bits per heavy atom. The molecule has 178 valence electrons. The van der Waals surface area contributed by atoms with E-state index in [2.05, 4.69) is 54.7 Å². The number of morpholine rings is 1. The molecule has 3 aliphatic heterocycles. The average molecular weight is 481 g/mol. The van der Waals surface area contributed by atoms with Crippen LogP contribution >= 0.6 is 7.36 Å². The van der Waals surface area contributed by atoms with Crippen molar-refractivity contribution in [3.8, 4) is 0 Å². The maximum Gasteiger partial charge on any atom is 0.269 e. The highest BCUT2D eigenvalue weighted by Crippen LogP contribution is 2.69. The molecular weight excluding hydrogens is 451 g/mol. The quantitative estimate of drug-likeness (QED) is 0.343. The smallest absolute Gasteiger partial charge is 0.269 e. The highest BCUT2D eigenvalue weighted by atomic mass is 31.2. The lowest BCUT2D eigenvalue weighted by Gasteiger charge is -2.41. The second kappa shape index (κ2) is 8.34. The maximum atomic E-state index is 11.2. The number of anilines is 1. The summed E-state index contributed by atoms with van der Waals surface area (Å²) in [7, 11) is 1.57. The van der Waals surface area contributed by atoms with Crippen LogP contribution in [0.15, 0.2) is 69.4 Å². The molecule has 3 heterocycles. The van der Waals surface area contributed by atoms with Crippen LogP contribution in [0.2, 0.25) is 0 Å². The van der Waals surface area contributed by atoms with E-state index in [1.807, 2.05) is 18.0 Å². The molecule has 0 aliphatic carbocycles. The fraction of sp³-hybridized carbons (Fsp3) is 0.375. The van der Waals surface area contributed by atoms with E-state index in [1.165, 1.54) is 29.1 Å². The molecule has 0 amide bonds. The lowest BCUT2D eigenvalue weighted by Crippen LogP contribution is -2.37. The Labute approximate surface area is 199 Å². The Morgan fingerprint density at radius 3 is 2.41 bits per heavy atom. The number of nitrogens with zero attached hydrogens (tertiary/aromatic N) is 6. The van der Waals surface area contributed by atoms with E-state index >= 15 is 0 Å². The zero-order valence-electron chi connectivity index (χ0n) is 19.9. The molecule has 3 aliphatic rings. The predicted molar refractivity (Wildman–Crippen MR) is 136 cm³/mol. The number of para-hydroxylation sites is 1. The van der Waals surface area contributed by atoms with Gasteiger partial charge in [-0.25, -0.2) is 14.2 Å². The van der Waals surface area contributed by atoms with Crippen molar-refractivity contribution >= 4 is 30.6 Å². The van der Waals surface area contributed by atoms with Crippen LogP contribution in [0.4, 0.5) is 17.1 Å². The van der Waals surface area contributed by atoms with Crippen molar-refractivity contribution in [2.24, 2.45) is 9.85 Å². The summed E-state index contributed by atoms with van der Waals surface area (Å²) in [5, 5.41) is 17.1. The first-order valence-corrected chi connectivity index (χ1v) is 13.0. The van der Waals surface area contributed by atoms with Gasteiger partial charge >= 0.3 is 0 Å². The first kappa shape index (κ1) is 22.8. The van der Waals surface area contributed by atoms with Crippen LogP contribution in [0.5, 0.6) is 0 Å². The monoisotopic (exact) mass is 480 g/mol. The molecule has 34 heavy (non-hydrogen) atoms. The van der Waals surface area contributed by atoms with Crippen LogP contribution in [0.3, 0.4) is 0 Å². The second-order valence-corrected chi connectivity index (χ2v) is 12.1. The number of ether oxygens (including phenoxy) is 1. The third-order valence-corrected chi connectivity index (χ3v) is 10.5. The predicted octanol–water partition coefficient (Wildman–Crippen LogP) is 5.16. The molecule has 1 saturated heterocycles. The minimum absolute atomic E-state index is 0.0550. The topological polar surface area (TPSA) is 86.8 Å². The minimum atomic E-state index is -2.52. The number of non-ortho nitro benzene ring substituents is 1. The fourth-order valence-electron chi connectivity index (χ4n) is 5.25. The van der Waals surface area contributed by atoms with Gasteiger partial charge in [-0.05, 0) is 23.8 Å². The van der Waals surface area contributed by atoms with E-state index in [0.29, 0.717) is 18.9 Å². The first-order valence-electron chi connectivity index (χ1n) is 11.3. The molecule has 1 fully saturated rings. The third kappa shape index (κ3) is 3.38. The number of benzene rings is 2. The van der Waals surface area contributed by atoms with Crippen molar-refractivity contribution in [2.45, 2.75) is 19.3 Å². The molecular formula is C24H29N6O3P. The van der Waals surface area contributed by atoms with Crippen molar-refractivity contribution in [1.82, 2.24) is 9.45 Å². The number of nitro benzene ring substituents is 1. The van der Waals surface area contributed by atoms with E-state index < -0.39 is 7.36 Å². The first-order chi connectivity index (χ1) is 16.3. The summed E-state index contributed by atoms with van der Waals surface area (Å²) in [5.74, 6) is 0. The molecule has 0 saturated carbocycles. The van der Waals surface area contributed by atoms with E-state index in [-0.39, 0.29) is 16.0 Å². The van der Waals surface area contributed by atoms with Crippen LogP contribution in [0.25, 0.3) is 0 Å². The average Bonchev–Trinajstić information content (AvgIpc) is 3.25. The van der Waals surface area contributed by atoms with Gasteiger partial charge in [-0.1, -0.05) is 32.0 Å². The van der Waals surface area contributed by atoms with Gasteiger partial charge in [0.2, 0.25) is 0 Å². The van der Waals surface area contributed by atoms with Gasteiger partial charge in [0.1, 0.15) is 0 Å². The molecule has 0 N–H and O–H groups in total. The molecule has 0 aromatic heterocycles. The van der Waals surface area contributed by atoms with Crippen molar-refractivity contribution < 1.29 is 9.66 Å². The number of hydrogen-bond donors (Lipinski definition) is 0. The van der Waals surface area contributed by atoms with Gasteiger partial charge in [-0.3, -0.25) is 10.1 Å². The Balaban J connectivity index is 1.76.